The first-order chi connectivity index (χ1) is 8.25. The molecule has 2 aromatic rings. The molecule has 2 aromatic heterocycles. The van der Waals surface area contributed by atoms with Crippen molar-refractivity contribution in [2.45, 2.75) is 19.6 Å². The molecule has 0 fully saturated rings. The lowest BCUT2D eigenvalue weighted by molar-refractivity contribution is 0.0609. The van der Waals surface area contributed by atoms with Crippen LogP contribution in [0.1, 0.15) is 18.8 Å². The van der Waals surface area contributed by atoms with Gasteiger partial charge in [0.2, 0.25) is 0 Å². The summed E-state index contributed by atoms with van der Waals surface area (Å²) in [7, 11) is 0. The lowest BCUT2D eigenvalue weighted by Gasteiger charge is -2.22. The maximum absolute atomic E-state index is 5.43. The maximum atomic E-state index is 5.43. The smallest absolute Gasteiger partial charge is 0.183 e. The standard InChI is InChI=1S/C11H11BrN4O/c1-7-5-17-6-10-14-15-11(16(7)10)8-3-2-4-9(12)13-8/h2-4,7H,5-6H2,1H3/t7-/m0/s1. The number of hydrogen-bond acceptors (Lipinski definition) is 4. The second-order valence-electron chi connectivity index (χ2n) is 4.02. The van der Waals surface area contributed by atoms with Crippen molar-refractivity contribution in [3.63, 3.8) is 0 Å². The zero-order valence-electron chi connectivity index (χ0n) is 9.30. The van der Waals surface area contributed by atoms with E-state index in [0.29, 0.717) is 13.2 Å². The third kappa shape index (κ3) is 1.87. The van der Waals surface area contributed by atoms with Gasteiger partial charge in [0, 0.05) is 0 Å². The van der Waals surface area contributed by atoms with E-state index in [2.05, 4.69) is 42.6 Å². The molecule has 88 valence electrons. The summed E-state index contributed by atoms with van der Waals surface area (Å²) in [6, 6.07) is 6.01. The summed E-state index contributed by atoms with van der Waals surface area (Å²) in [4.78, 5) is 4.41. The molecule has 1 aliphatic rings. The second-order valence-corrected chi connectivity index (χ2v) is 4.83. The van der Waals surface area contributed by atoms with Crippen molar-refractivity contribution in [1.29, 1.82) is 0 Å². The monoisotopic (exact) mass is 294 g/mol. The lowest BCUT2D eigenvalue weighted by Crippen LogP contribution is -2.22. The fraction of sp³-hybridized carbons (Fsp3) is 0.364. The van der Waals surface area contributed by atoms with Crippen LogP contribution in [0.15, 0.2) is 22.8 Å². The Morgan fingerprint density at radius 1 is 1.41 bits per heavy atom. The Morgan fingerprint density at radius 3 is 3.12 bits per heavy atom. The Balaban J connectivity index is 2.13. The molecule has 0 amide bonds. The van der Waals surface area contributed by atoms with Crippen LogP contribution >= 0.6 is 15.9 Å². The summed E-state index contributed by atoms with van der Waals surface area (Å²) in [5, 5.41) is 8.36. The summed E-state index contributed by atoms with van der Waals surface area (Å²) in [6.07, 6.45) is 0. The van der Waals surface area contributed by atoms with Crippen molar-refractivity contribution in [3.8, 4) is 11.5 Å². The van der Waals surface area contributed by atoms with Gasteiger partial charge in [-0.25, -0.2) is 4.98 Å². The molecule has 0 saturated heterocycles. The molecule has 3 rings (SSSR count). The van der Waals surface area contributed by atoms with Gasteiger partial charge in [0.15, 0.2) is 11.6 Å². The Kier molecular flexibility index (Phi) is 2.68. The van der Waals surface area contributed by atoms with Gasteiger partial charge in [-0.15, -0.1) is 10.2 Å². The Labute approximate surface area is 107 Å². The minimum Gasteiger partial charge on any atom is -0.371 e. The van der Waals surface area contributed by atoms with Crippen LogP contribution in [0, 0.1) is 0 Å². The van der Waals surface area contributed by atoms with E-state index < -0.39 is 0 Å². The molecule has 17 heavy (non-hydrogen) atoms. The third-order valence-electron chi connectivity index (χ3n) is 2.74. The van der Waals surface area contributed by atoms with Crippen molar-refractivity contribution < 1.29 is 4.74 Å². The normalized spacial score (nSPS) is 19.1. The number of fused-ring (bicyclic) bond motifs is 1. The molecular formula is C11H11BrN4O. The first-order valence-corrected chi connectivity index (χ1v) is 6.19. The third-order valence-corrected chi connectivity index (χ3v) is 3.18. The predicted octanol–water partition coefficient (Wildman–Crippen LogP) is 2.19. The van der Waals surface area contributed by atoms with E-state index in [1.54, 1.807) is 0 Å². The Hall–Kier alpha value is -1.27. The van der Waals surface area contributed by atoms with Gasteiger partial charge in [-0.05, 0) is 35.0 Å². The number of nitrogens with zero attached hydrogens (tertiary/aromatic N) is 4. The fourth-order valence-corrected chi connectivity index (χ4v) is 2.33. The largest absolute Gasteiger partial charge is 0.371 e. The maximum Gasteiger partial charge on any atom is 0.183 e. The van der Waals surface area contributed by atoms with Gasteiger partial charge in [0.25, 0.3) is 0 Å². The highest BCUT2D eigenvalue weighted by Gasteiger charge is 2.23. The molecule has 1 aliphatic heterocycles. The van der Waals surface area contributed by atoms with Gasteiger partial charge in [0.05, 0.1) is 12.6 Å². The van der Waals surface area contributed by atoms with E-state index in [1.165, 1.54) is 0 Å². The van der Waals surface area contributed by atoms with E-state index in [9.17, 15) is 0 Å². The molecule has 5 nitrogen and oxygen atoms in total. The van der Waals surface area contributed by atoms with Crippen molar-refractivity contribution in [2.75, 3.05) is 6.61 Å². The van der Waals surface area contributed by atoms with Crippen LogP contribution < -0.4 is 0 Å². The predicted molar refractivity (Wildman–Crippen MR) is 65.3 cm³/mol. The number of ether oxygens (including phenoxy) is 1. The van der Waals surface area contributed by atoms with Crippen LogP contribution in [0.3, 0.4) is 0 Å². The second kappa shape index (κ2) is 4.19. The Morgan fingerprint density at radius 2 is 2.29 bits per heavy atom. The topological polar surface area (TPSA) is 52.8 Å². The van der Waals surface area contributed by atoms with Crippen LogP contribution in [0.5, 0.6) is 0 Å². The van der Waals surface area contributed by atoms with Crippen molar-refractivity contribution in [1.82, 2.24) is 19.7 Å². The number of aromatic nitrogens is 4. The minimum atomic E-state index is 0.240. The zero-order chi connectivity index (χ0) is 11.8. The van der Waals surface area contributed by atoms with E-state index in [-0.39, 0.29) is 6.04 Å². The molecule has 0 N–H and O–H groups in total. The molecule has 0 unspecified atom stereocenters. The average Bonchev–Trinajstić information content (AvgIpc) is 2.74. The lowest BCUT2D eigenvalue weighted by atomic mass is 10.2. The number of halogens is 1. The fourth-order valence-electron chi connectivity index (χ4n) is 1.99. The van der Waals surface area contributed by atoms with E-state index in [1.807, 2.05) is 18.2 Å². The van der Waals surface area contributed by atoms with Crippen LogP contribution in [-0.2, 0) is 11.3 Å². The SMILES string of the molecule is C[C@H]1COCc2nnc(-c3cccc(Br)n3)n21. The van der Waals surface area contributed by atoms with Crippen molar-refractivity contribution in [2.24, 2.45) is 0 Å². The number of rotatable bonds is 1. The summed E-state index contributed by atoms with van der Waals surface area (Å²) in [6.45, 7) is 3.30. The molecule has 6 heteroatoms. The van der Waals surface area contributed by atoms with Gasteiger partial charge in [0.1, 0.15) is 16.9 Å². The first kappa shape index (κ1) is 10.9. The highest BCUT2D eigenvalue weighted by atomic mass is 79.9. The Bertz CT molecular complexity index is 554. The first-order valence-electron chi connectivity index (χ1n) is 5.40. The zero-order valence-corrected chi connectivity index (χ0v) is 10.9. The van der Waals surface area contributed by atoms with Gasteiger partial charge in [-0.3, -0.25) is 0 Å². The quantitative estimate of drug-likeness (QED) is 0.757. The molecule has 0 aromatic carbocycles. The van der Waals surface area contributed by atoms with Crippen LogP contribution in [0.2, 0.25) is 0 Å². The van der Waals surface area contributed by atoms with Crippen LogP contribution in [-0.4, -0.2) is 26.4 Å². The highest BCUT2D eigenvalue weighted by Crippen LogP contribution is 2.25. The van der Waals surface area contributed by atoms with E-state index in [4.69, 9.17) is 4.74 Å². The molecule has 3 heterocycles. The molecule has 0 saturated carbocycles. The average molecular weight is 295 g/mol. The summed E-state index contributed by atoms with van der Waals surface area (Å²) >= 11 is 3.37. The van der Waals surface area contributed by atoms with Gasteiger partial charge in [-0.1, -0.05) is 6.07 Å². The van der Waals surface area contributed by atoms with Crippen LogP contribution in [0.25, 0.3) is 11.5 Å². The molecular weight excluding hydrogens is 284 g/mol. The summed E-state index contributed by atoms with van der Waals surface area (Å²) in [5.41, 5.74) is 0.826. The van der Waals surface area contributed by atoms with E-state index in [0.717, 1.165) is 21.9 Å². The number of pyridine rings is 1. The molecule has 0 radical (unpaired) electrons. The molecule has 0 spiro atoms. The van der Waals surface area contributed by atoms with Gasteiger partial charge in [-0.2, -0.15) is 0 Å². The minimum absolute atomic E-state index is 0.240. The van der Waals surface area contributed by atoms with Crippen molar-refractivity contribution >= 4 is 15.9 Å². The van der Waals surface area contributed by atoms with Gasteiger partial charge < -0.3 is 9.30 Å². The van der Waals surface area contributed by atoms with Crippen molar-refractivity contribution in [3.05, 3.63) is 28.6 Å². The molecule has 0 bridgehead atoms. The molecule has 0 aliphatic carbocycles. The number of hydrogen-bond donors (Lipinski definition) is 0. The molecule has 1 atom stereocenters. The summed E-state index contributed by atoms with van der Waals surface area (Å²) in [5.74, 6) is 1.66. The highest BCUT2D eigenvalue weighted by molar-refractivity contribution is 9.10. The van der Waals surface area contributed by atoms with Crippen LogP contribution in [0.4, 0.5) is 0 Å². The van der Waals surface area contributed by atoms with E-state index >= 15 is 0 Å². The summed E-state index contributed by atoms with van der Waals surface area (Å²) < 4.78 is 8.32. The van der Waals surface area contributed by atoms with Gasteiger partial charge >= 0.3 is 0 Å².